The zero-order valence-electron chi connectivity index (χ0n) is 15.3. The maximum atomic E-state index is 5.79. The van der Waals surface area contributed by atoms with Gasteiger partial charge in [-0.3, -0.25) is 0 Å². The summed E-state index contributed by atoms with van der Waals surface area (Å²) in [5.41, 5.74) is 3.02. The van der Waals surface area contributed by atoms with Crippen molar-refractivity contribution in [2.24, 2.45) is 17.8 Å². The van der Waals surface area contributed by atoms with Gasteiger partial charge in [-0.1, -0.05) is 38.2 Å². The molecule has 132 valence electrons. The maximum Gasteiger partial charge on any atom is 0.179 e. The summed E-state index contributed by atoms with van der Waals surface area (Å²) in [5, 5.41) is 0. The van der Waals surface area contributed by atoms with E-state index in [0.29, 0.717) is 0 Å². The van der Waals surface area contributed by atoms with Crippen LogP contribution in [0.4, 0.5) is 0 Å². The van der Waals surface area contributed by atoms with Gasteiger partial charge in [0.05, 0.1) is 13.2 Å². The van der Waals surface area contributed by atoms with Crippen molar-refractivity contribution in [2.45, 2.75) is 90.8 Å². The van der Waals surface area contributed by atoms with Crippen LogP contribution in [0.3, 0.4) is 0 Å². The van der Waals surface area contributed by atoms with E-state index in [9.17, 15) is 0 Å². The minimum atomic E-state index is -0.0419. The lowest BCUT2D eigenvalue weighted by Gasteiger charge is -2.37. The standard InChI is InChI=1S/C21H36O2/c1-3-5-17-6-8-19(9-7-17)20-12-10-18(11-13-20)16(2)21-22-14-4-15-23-21/h17,19-21H,3-15H2,1-2H3. The van der Waals surface area contributed by atoms with Gasteiger partial charge in [0, 0.05) is 0 Å². The fraction of sp³-hybridized carbons (Fsp3) is 0.905. The van der Waals surface area contributed by atoms with Crippen molar-refractivity contribution in [3.63, 3.8) is 0 Å². The van der Waals surface area contributed by atoms with Crippen LogP contribution in [0.25, 0.3) is 0 Å². The van der Waals surface area contributed by atoms with E-state index >= 15 is 0 Å². The highest BCUT2D eigenvalue weighted by atomic mass is 16.7. The van der Waals surface area contributed by atoms with Crippen molar-refractivity contribution >= 4 is 0 Å². The van der Waals surface area contributed by atoms with Gasteiger partial charge >= 0.3 is 0 Å². The lowest BCUT2D eigenvalue weighted by Crippen LogP contribution is -2.28. The van der Waals surface area contributed by atoms with E-state index in [0.717, 1.165) is 37.4 Å². The Morgan fingerprint density at radius 2 is 1.52 bits per heavy atom. The van der Waals surface area contributed by atoms with Gasteiger partial charge in [-0.05, 0) is 75.2 Å². The Morgan fingerprint density at radius 1 is 0.913 bits per heavy atom. The fourth-order valence-electron chi connectivity index (χ4n) is 5.12. The largest absolute Gasteiger partial charge is 0.349 e. The van der Waals surface area contributed by atoms with Crippen molar-refractivity contribution < 1.29 is 9.47 Å². The Labute approximate surface area is 143 Å². The molecule has 0 aromatic rings. The Hall–Kier alpha value is -0.340. The van der Waals surface area contributed by atoms with Gasteiger partial charge in [0.2, 0.25) is 0 Å². The molecule has 2 nitrogen and oxygen atoms in total. The molecule has 0 atom stereocenters. The second-order valence-corrected chi connectivity index (χ2v) is 8.12. The monoisotopic (exact) mass is 320 g/mol. The third kappa shape index (κ3) is 4.60. The molecule has 0 aromatic carbocycles. The Balaban J connectivity index is 1.47. The predicted molar refractivity (Wildman–Crippen MR) is 95.3 cm³/mol. The second kappa shape index (κ2) is 8.67. The van der Waals surface area contributed by atoms with Crippen molar-refractivity contribution in [3.05, 3.63) is 11.1 Å². The zero-order valence-corrected chi connectivity index (χ0v) is 15.3. The van der Waals surface area contributed by atoms with Crippen LogP contribution in [0.2, 0.25) is 0 Å². The number of ether oxygens (including phenoxy) is 2. The molecule has 3 aliphatic rings. The van der Waals surface area contributed by atoms with Gasteiger partial charge in [-0.25, -0.2) is 0 Å². The van der Waals surface area contributed by atoms with Gasteiger partial charge in [0.25, 0.3) is 0 Å². The smallest absolute Gasteiger partial charge is 0.179 e. The van der Waals surface area contributed by atoms with E-state index in [4.69, 9.17) is 9.47 Å². The molecule has 0 spiro atoms. The van der Waals surface area contributed by atoms with Gasteiger partial charge in [0.15, 0.2) is 6.29 Å². The number of rotatable bonds is 4. The first-order chi connectivity index (χ1) is 11.3. The molecule has 1 saturated heterocycles. The number of allylic oxidation sites excluding steroid dienone is 1. The molecule has 2 saturated carbocycles. The fourth-order valence-corrected chi connectivity index (χ4v) is 5.12. The molecule has 0 amide bonds. The Morgan fingerprint density at radius 3 is 2.13 bits per heavy atom. The van der Waals surface area contributed by atoms with E-state index in [1.807, 2.05) is 0 Å². The van der Waals surface area contributed by atoms with Crippen LogP contribution in [0.15, 0.2) is 11.1 Å². The molecular weight excluding hydrogens is 284 g/mol. The molecule has 1 aliphatic heterocycles. The molecule has 0 aromatic heterocycles. The van der Waals surface area contributed by atoms with Crippen molar-refractivity contribution in [1.82, 2.24) is 0 Å². The van der Waals surface area contributed by atoms with Crippen LogP contribution in [0, 0.1) is 17.8 Å². The molecule has 3 fully saturated rings. The first-order valence-electron chi connectivity index (χ1n) is 10.2. The molecule has 23 heavy (non-hydrogen) atoms. The first-order valence-corrected chi connectivity index (χ1v) is 10.2. The normalized spacial score (nSPS) is 33.7. The molecule has 0 bridgehead atoms. The SMILES string of the molecule is CCCC1CCC(C2CCC(=C(C)C3OCCCO3)CC2)CC1. The highest BCUT2D eigenvalue weighted by molar-refractivity contribution is 5.17. The van der Waals surface area contributed by atoms with Crippen LogP contribution in [0.1, 0.15) is 84.5 Å². The Kier molecular flexibility index (Phi) is 6.59. The third-order valence-electron chi connectivity index (χ3n) is 6.63. The van der Waals surface area contributed by atoms with Crippen molar-refractivity contribution in [1.29, 1.82) is 0 Å². The van der Waals surface area contributed by atoms with Gasteiger partial charge < -0.3 is 9.47 Å². The summed E-state index contributed by atoms with van der Waals surface area (Å²) in [6, 6.07) is 0. The van der Waals surface area contributed by atoms with Crippen LogP contribution in [-0.2, 0) is 9.47 Å². The Bertz CT molecular complexity index is 377. The van der Waals surface area contributed by atoms with Crippen LogP contribution in [-0.4, -0.2) is 19.5 Å². The van der Waals surface area contributed by atoms with Gasteiger partial charge in [0.1, 0.15) is 0 Å². The van der Waals surface area contributed by atoms with Gasteiger partial charge in [-0.15, -0.1) is 0 Å². The average molecular weight is 321 g/mol. The number of hydrogen-bond donors (Lipinski definition) is 0. The minimum Gasteiger partial charge on any atom is -0.349 e. The second-order valence-electron chi connectivity index (χ2n) is 8.12. The van der Waals surface area contributed by atoms with E-state index in [-0.39, 0.29) is 6.29 Å². The predicted octanol–water partition coefficient (Wildman–Crippen LogP) is 5.86. The van der Waals surface area contributed by atoms with Gasteiger partial charge in [-0.2, -0.15) is 0 Å². The van der Waals surface area contributed by atoms with Crippen LogP contribution in [0.5, 0.6) is 0 Å². The average Bonchev–Trinajstić information content (AvgIpc) is 2.63. The van der Waals surface area contributed by atoms with Crippen LogP contribution >= 0.6 is 0 Å². The molecule has 0 N–H and O–H groups in total. The van der Waals surface area contributed by atoms with E-state index in [1.165, 1.54) is 69.8 Å². The van der Waals surface area contributed by atoms with E-state index < -0.39 is 0 Å². The summed E-state index contributed by atoms with van der Waals surface area (Å²) in [4.78, 5) is 0. The third-order valence-corrected chi connectivity index (χ3v) is 6.63. The zero-order chi connectivity index (χ0) is 16.1. The van der Waals surface area contributed by atoms with E-state index in [2.05, 4.69) is 13.8 Å². The molecule has 2 aliphatic carbocycles. The highest BCUT2D eigenvalue weighted by Crippen LogP contribution is 2.42. The summed E-state index contributed by atoms with van der Waals surface area (Å²) in [6.45, 7) is 6.29. The molecule has 0 radical (unpaired) electrons. The maximum absolute atomic E-state index is 5.79. The summed E-state index contributed by atoms with van der Waals surface area (Å²) in [7, 11) is 0. The summed E-state index contributed by atoms with van der Waals surface area (Å²) in [5.74, 6) is 3.05. The van der Waals surface area contributed by atoms with Crippen molar-refractivity contribution in [2.75, 3.05) is 13.2 Å². The quantitative estimate of drug-likeness (QED) is 0.604. The molecule has 2 heteroatoms. The summed E-state index contributed by atoms with van der Waals surface area (Å²) < 4.78 is 11.6. The molecule has 0 unspecified atom stereocenters. The topological polar surface area (TPSA) is 18.5 Å². The van der Waals surface area contributed by atoms with Crippen molar-refractivity contribution in [3.8, 4) is 0 Å². The minimum absolute atomic E-state index is 0.0419. The molecule has 1 heterocycles. The lowest BCUT2D eigenvalue weighted by atomic mass is 9.69. The van der Waals surface area contributed by atoms with E-state index in [1.54, 1.807) is 5.57 Å². The summed E-state index contributed by atoms with van der Waals surface area (Å²) in [6.07, 6.45) is 15.2. The van der Waals surface area contributed by atoms with Crippen LogP contribution < -0.4 is 0 Å². The summed E-state index contributed by atoms with van der Waals surface area (Å²) >= 11 is 0. The molecular formula is C21H36O2. The first kappa shape index (κ1) is 17.5. The highest BCUT2D eigenvalue weighted by Gasteiger charge is 2.30. The molecule has 3 rings (SSSR count). The lowest BCUT2D eigenvalue weighted by molar-refractivity contribution is -0.156. The number of hydrogen-bond acceptors (Lipinski definition) is 2.